The molecular weight excluding hydrogens is 256 g/mol. The number of hydrogen-bond acceptors (Lipinski definition) is 1. The van der Waals surface area contributed by atoms with Crippen molar-refractivity contribution in [3.63, 3.8) is 0 Å². The van der Waals surface area contributed by atoms with Gasteiger partial charge < -0.3 is 4.40 Å². The highest BCUT2D eigenvalue weighted by Crippen LogP contribution is 2.32. The summed E-state index contributed by atoms with van der Waals surface area (Å²) in [6.45, 7) is 0. The summed E-state index contributed by atoms with van der Waals surface area (Å²) >= 11 is 6.11. The molecule has 0 amide bonds. The van der Waals surface area contributed by atoms with E-state index in [1.807, 2.05) is 18.3 Å². The Morgan fingerprint density at radius 1 is 1.05 bits per heavy atom. The van der Waals surface area contributed by atoms with Gasteiger partial charge in [0.15, 0.2) is 0 Å². The molecule has 3 aromatic rings. The van der Waals surface area contributed by atoms with Crippen LogP contribution in [-0.4, -0.2) is 9.38 Å². The average molecular weight is 269 g/mol. The van der Waals surface area contributed by atoms with Gasteiger partial charge in [0, 0.05) is 11.8 Å². The molecule has 2 heterocycles. The van der Waals surface area contributed by atoms with Gasteiger partial charge in [0.1, 0.15) is 5.65 Å². The minimum absolute atomic E-state index is 0.755. The molecule has 0 aliphatic heterocycles. The van der Waals surface area contributed by atoms with Crippen LogP contribution in [0, 0.1) is 0 Å². The normalized spacial score (nSPS) is 13.9. The lowest BCUT2D eigenvalue weighted by molar-refractivity contribution is 0.805. The van der Waals surface area contributed by atoms with Crippen molar-refractivity contribution in [2.45, 2.75) is 19.3 Å². The minimum Gasteiger partial charge on any atom is -0.302 e. The Labute approximate surface area is 116 Å². The predicted molar refractivity (Wildman–Crippen MR) is 77.7 cm³/mol. The fourth-order valence-corrected chi connectivity index (χ4v) is 3.10. The Morgan fingerprint density at radius 2 is 1.95 bits per heavy atom. The van der Waals surface area contributed by atoms with Crippen molar-refractivity contribution in [3.8, 4) is 11.3 Å². The Bertz CT molecular complexity index is 774. The van der Waals surface area contributed by atoms with E-state index in [9.17, 15) is 0 Å². The van der Waals surface area contributed by atoms with Gasteiger partial charge in [-0.3, -0.25) is 0 Å². The van der Waals surface area contributed by atoms with Gasteiger partial charge in [-0.25, -0.2) is 4.98 Å². The van der Waals surface area contributed by atoms with Gasteiger partial charge in [-0.2, -0.15) is 0 Å². The highest BCUT2D eigenvalue weighted by atomic mass is 35.5. The van der Waals surface area contributed by atoms with Crippen molar-refractivity contribution in [2.24, 2.45) is 0 Å². The van der Waals surface area contributed by atoms with Gasteiger partial charge in [0.25, 0.3) is 0 Å². The highest BCUT2D eigenvalue weighted by Gasteiger charge is 2.19. The first kappa shape index (κ1) is 11.1. The summed E-state index contributed by atoms with van der Waals surface area (Å²) in [6.07, 6.45) is 5.29. The number of hydrogen-bond donors (Lipinski definition) is 0. The number of imidazole rings is 1. The second-order valence-corrected chi connectivity index (χ2v) is 5.43. The van der Waals surface area contributed by atoms with Gasteiger partial charge in [0.05, 0.1) is 16.4 Å². The Balaban J connectivity index is 2.08. The van der Waals surface area contributed by atoms with Gasteiger partial charge in [-0.05, 0) is 37.0 Å². The molecule has 1 aliphatic carbocycles. The van der Waals surface area contributed by atoms with Crippen molar-refractivity contribution in [2.75, 3.05) is 0 Å². The summed E-state index contributed by atoms with van der Waals surface area (Å²) in [4.78, 5) is 4.80. The highest BCUT2D eigenvalue weighted by molar-refractivity contribution is 6.30. The summed E-state index contributed by atoms with van der Waals surface area (Å²) < 4.78 is 2.14. The zero-order valence-electron chi connectivity index (χ0n) is 10.4. The van der Waals surface area contributed by atoms with E-state index in [-0.39, 0.29) is 0 Å². The third-order valence-corrected chi connectivity index (χ3v) is 4.04. The van der Waals surface area contributed by atoms with E-state index < -0.39 is 0 Å². The first-order chi connectivity index (χ1) is 9.33. The summed E-state index contributed by atoms with van der Waals surface area (Å²) in [5, 5.41) is 0.755. The van der Waals surface area contributed by atoms with Crippen LogP contribution >= 0.6 is 11.6 Å². The number of aryl methyl sites for hydroxylation is 2. The Kier molecular flexibility index (Phi) is 2.39. The van der Waals surface area contributed by atoms with Gasteiger partial charge in [-0.15, -0.1) is 0 Å². The maximum atomic E-state index is 6.11. The summed E-state index contributed by atoms with van der Waals surface area (Å²) in [5.41, 5.74) is 6.05. The summed E-state index contributed by atoms with van der Waals surface area (Å²) in [6, 6.07) is 12.5. The Hall–Kier alpha value is -1.80. The third-order valence-electron chi connectivity index (χ3n) is 3.81. The monoisotopic (exact) mass is 268 g/mol. The van der Waals surface area contributed by atoms with E-state index in [0.29, 0.717) is 0 Å². The first-order valence-electron chi connectivity index (χ1n) is 6.58. The zero-order valence-corrected chi connectivity index (χ0v) is 11.2. The van der Waals surface area contributed by atoms with Gasteiger partial charge in [-0.1, -0.05) is 35.9 Å². The fraction of sp³-hybridized carbons (Fsp3) is 0.188. The molecule has 0 atom stereocenters. The van der Waals surface area contributed by atoms with Crippen molar-refractivity contribution in [3.05, 3.63) is 58.9 Å². The molecule has 0 unspecified atom stereocenters. The molecule has 0 N–H and O–H groups in total. The van der Waals surface area contributed by atoms with E-state index in [1.165, 1.54) is 16.8 Å². The molecule has 2 nitrogen and oxygen atoms in total. The van der Waals surface area contributed by atoms with Crippen LogP contribution in [0.3, 0.4) is 0 Å². The number of aromatic nitrogens is 2. The van der Waals surface area contributed by atoms with Crippen LogP contribution in [0.5, 0.6) is 0 Å². The van der Waals surface area contributed by atoms with Crippen LogP contribution in [0.4, 0.5) is 0 Å². The number of benzene rings is 1. The predicted octanol–water partition coefficient (Wildman–Crippen LogP) is 4.14. The molecule has 0 radical (unpaired) electrons. The molecular formula is C16H13ClN2. The quantitative estimate of drug-likeness (QED) is 0.599. The van der Waals surface area contributed by atoms with Crippen LogP contribution in [0.15, 0.2) is 42.6 Å². The Morgan fingerprint density at radius 3 is 2.89 bits per heavy atom. The first-order valence-corrected chi connectivity index (χ1v) is 6.95. The van der Waals surface area contributed by atoms with Gasteiger partial charge in [0.2, 0.25) is 0 Å². The molecule has 1 aliphatic rings. The maximum absolute atomic E-state index is 6.11. The van der Waals surface area contributed by atoms with Crippen LogP contribution in [0.2, 0.25) is 5.02 Å². The topological polar surface area (TPSA) is 17.3 Å². The SMILES string of the molecule is Clc1ccc2nc3c(n2c1)CCCc1ccccc1-3. The molecule has 0 saturated heterocycles. The number of halogens is 1. The molecule has 4 rings (SSSR count). The molecule has 0 bridgehead atoms. The second-order valence-electron chi connectivity index (χ2n) is 4.99. The van der Waals surface area contributed by atoms with Crippen LogP contribution in [-0.2, 0) is 12.8 Å². The molecule has 0 saturated carbocycles. The molecule has 0 spiro atoms. The smallest absolute Gasteiger partial charge is 0.137 e. The fourth-order valence-electron chi connectivity index (χ4n) is 2.94. The number of rotatable bonds is 0. The molecule has 0 fully saturated rings. The van der Waals surface area contributed by atoms with E-state index in [4.69, 9.17) is 16.6 Å². The van der Waals surface area contributed by atoms with E-state index >= 15 is 0 Å². The van der Waals surface area contributed by atoms with E-state index in [0.717, 1.165) is 35.6 Å². The molecule has 3 heteroatoms. The zero-order chi connectivity index (χ0) is 12.8. The molecule has 1 aromatic carbocycles. The maximum Gasteiger partial charge on any atom is 0.137 e. The van der Waals surface area contributed by atoms with Crippen molar-refractivity contribution in [1.82, 2.24) is 9.38 Å². The molecule has 2 aromatic heterocycles. The van der Waals surface area contributed by atoms with Crippen molar-refractivity contribution < 1.29 is 0 Å². The van der Waals surface area contributed by atoms with E-state index in [1.54, 1.807) is 0 Å². The van der Waals surface area contributed by atoms with Crippen LogP contribution < -0.4 is 0 Å². The van der Waals surface area contributed by atoms with Crippen molar-refractivity contribution >= 4 is 17.2 Å². The third kappa shape index (κ3) is 1.67. The molecule has 94 valence electrons. The lowest BCUT2D eigenvalue weighted by Crippen LogP contribution is -1.93. The van der Waals surface area contributed by atoms with Gasteiger partial charge >= 0.3 is 0 Å². The largest absolute Gasteiger partial charge is 0.302 e. The molecule has 19 heavy (non-hydrogen) atoms. The van der Waals surface area contributed by atoms with Crippen LogP contribution in [0.1, 0.15) is 17.7 Å². The lowest BCUT2D eigenvalue weighted by atomic mass is 10.0. The number of pyridine rings is 1. The lowest BCUT2D eigenvalue weighted by Gasteiger charge is -2.03. The standard InChI is InChI=1S/C16H13ClN2/c17-12-8-9-15-18-16-13-6-2-1-4-11(13)5-3-7-14(16)19(15)10-12/h1-2,4,6,8-10H,3,5,7H2. The van der Waals surface area contributed by atoms with Crippen LogP contribution in [0.25, 0.3) is 16.9 Å². The number of fused-ring (bicyclic) bond motifs is 5. The average Bonchev–Trinajstić information content (AvgIpc) is 2.67. The summed E-state index contributed by atoms with van der Waals surface area (Å²) in [7, 11) is 0. The van der Waals surface area contributed by atoms with Crippen molar-refractivity contribution in [1.29, 1.82) is 0 Å². The minimum atomic E-state index is 0.755. The van der Waals surface area contributed by atoms with E-state index in [2.05, 4.69) is 28.7 Å². The number of nitrogens with zero attached hydrogens (tertiary/aromatic N) is 2. The summed E-state index contributed by atoms with van der Waals surface area (Å²) in [5.74, 6) is 0. The second kappa shape index (κ2) is 4.10.